The molecule has 0 aliphatic carbocycles. The molecule has 2 bridgehead atoms. The Kier molecular flexibility index (Phi) is 2.56. The Hall–Kier alpha value is -1.90. The molecule has 3 fully saturated rings. The van der Waals surface area contributed by atoms with Crippen molar-refractivity contribution in [3.63, 3.8) is 0 Å². The fourth-order valence-electron chi connectivity index (χ4n) is 3.83. The normalized spacial score (nSPS) is 33.9. The number of nitrogens with one attached hydrogen (secondary N) is 1. The molecule has 6 nitrogen and oxygen atoms in total. The number of nitrogens with zero attached hydrogens (tertiary/aromatic N) is 2. The summed E-state index contributed by atoms with van der Waals surface area (Å²) in [7, 11) is 0. The van der Waals surface area contributed by atoms with Crippen molar-refractivity contribution in [2.45, 2.75) is 38.1 Å². The van der Waals surface area contributed by atoms with E-state index >= 15 is 0 Å². The third-order valence-corrected chi connectivity index (χ3v) is 4.69. The monoisotopic (exact) mass is 315 g/mol. The van der Waals surface area contributed by atoms with E-state index < -0.39 is 41.2 Å². The Morgan fingerprint density at radius 3 is 2.23 bits per heavy atom. The lowest BCUT2D eigenvalue weighted by Gasteiger charge is -2.19. The van der Waals surface area contributed by atoms with Crippen molar-refractivity contribution in [1.29, 1.82) is 0 Å². The summed E-state index contributed by atoms with van der Waals surface area (Å²) in [5.74, 6) is -2.56. The van der Waals surface area contributed by atoms with Gasteiger partial charge in [0.15, 0.2) is 5.69 Å². The van der Waals surface area contributed by atoms with Crippen molar-refractivity contribution in [1.82, 2.24) is 10.2 Å². The maximum Gasteiger partial charge on any atom is 0.437 e. The average Bonchev–Trinajstić information content (AvgIpc) is 3.14. The van der Waals surface area contributed by atoms with Crippen LogP contribution in [-0.2, 0) is 20.5 Å². The molecular formula is C13H12F3N3O3. The second-order valence-corrected chi connectivity index (χ2v) is 5.90. The summed E-state index contributed by atoms with van der Waals surface area (Å²) in [6.07, 6.45) is -4.14. The second-order valence-electron chi connectivity index (χ2n) is 5.90. The standard InChI is InChI=1S/C13H12F3N3O3/c1-4-9(10(18-17-4)13(14,15)16)19-11(20)7-5-2-3-6(22-5)8(7)12(19)21/h5-8H,2-3H2,1H3,(H,17,18)/t5-,6+,7-,8-/m0/s1. The van der Waals surface area contributed by atoms with Gasteiger partial charge >= 0.3 is 6.18 Å². The number of hydrogen-bond donors (Lipinski definition) is 1. The highest BCUT2D eigenvalue weighted by molar-refractivity contribution is 6.23. The molecule has 0 aromatic carbocycles. The number of carbonyl (C=O) groups excluding carboxylic acids is 2. The molecule has 3 aliphatic rings. The quantitative estimate of drug-likeness (QED) is 0.795. The van der Waals surface area contributed by atoms with E-state index in [0.717, 1.165) is 0 Å². The summed E-state index contributed by atoms with van der Waals surface area (Å²) in [5.41, 5.74) is -1.67. The molecule has 0 radical (unpaired) electrons. The van der Waals surface area contributed by atoms with Crippen LogP contribution in [0, 0.1) is 18.8 Å². The summed E-state index contributed by atoms with van der Waals surface area (Å²) in [4.78, 5) is 25.7. The Morgan fingerprint density at radius 1 is 1.18 bits per heavy atom. The molecule has 22 heavy (non-hydrogen) atoms. The molecule has 1 aromatic heterocycles. The van der Waals surface area contributed by atoms with E-state index in [0.29, 0.717) is 17.7 Å². The highest BCUT2D eigenvalue weighted by Gasteiger charge is 2.63. The van der Waals surface area contributed by atoms with Crippen LogP contribution < -0.4 is 4.90 Å². The number of aromatic nitrogens is 2. The van der Waals surface area contributed by atoms with Crippen LogP contribution in [0.15, 0.2) is 0 Å². The van der Waals surface area contributed by atoms with Gasteiger partial charge in [0.1, 0.15) is 5.69 Å². The summed E-state index contributed by atoms with van der Waals surface area (Å²) in [6.45, 7) is 1.36. The lowest BCUT2D eigenvalue weighted by Crippen LogP contribution is -2.35. The highest BCUT2D eigenvalue weighted by Crippen LogP contribution is 2.50. The third-order valence-electron chi connectivity index (χ3n) is 4.69. The number of alkyl halides is 3. The molecule has 2 amide bonds. The average molecular weight is 315 g/mol. The van der Waals surface area contributed by atoms with E-state index in [1.54, 1.807) is 0 Å². The number of H-pyrrole nitrogens is 1. The van der Waals surface area contributed by atoms with E-state index in [1.807, 2.05) is 0 Å². The fraction of sp³-hybridized carbons (Fsp3) is 0.615. The van der Waals surface area contributed by atoms with E-state index in [2.05, 4.69) is 10.2 Å². The minimum absolute atomic E-state index is 0.0438. The van der Waals surface area contributed by atoms with E-state index in [9.17, 15) is 22.8 Å². The first-order chi connectivity index (χ1) is 10.3. The Labute approximate surface area is 122 Å². The zero-order valence-electron chi connectivity index (χ0n) is 11.5. The van der Waals surface area contributed by atoms with Crippen LogP contribution in [0.2, 0.25) is 0 Å². The fourth-order valence-corrected chi connectivity index (χ4v) is 3.83. The summed E-state index contributed by atoms with van der Waals surface area (Å²) >= 11 is 0. The second kappa shape index (κ2) is 4.09. The van der Waals surface area contributed by atoms with E-state index in [-0.39, 0.29) is 17.9 Å². The number of halogens is 3. The van der Waals surface area contributed by atoms with Gasteiger partial charge in [-0.3, -0.25) is 14.7 Å². The lowest BCUT2D eigenvalue weighted by molar-refractivity contribution is -0.140. The molecule has 0 saturated carbocycles. The summed E-state index contributed by atoms with van der Waals surface area (Å²) < 4.78 is 44.8. The van der Waals surface area contributed by atoms with E-state index in [1.165, 1.54) is 6.92 Å². The zero-order chi connectivity index (χ0) is 15.8. The van der Waals surface area contributed by atoms with Gasteiger partial charge in [-0.1, -0.05) is 0 Å². The Morgan fingerprint density at radius 2 is 1.73 bits per heavy atom. The topological polar surface area (TPSA) is 75.3 Å². The maximum atomic E-state index is 13.1. The number of fused-ring (bicyclic) bond motifs is 5. The van der Waals surface area contributed by atoms with Crippen molar-refractivity contribution in [3.05, 3.63) is 11.4 Å². The van der Waals surface area contributed by atoms with Crippen molar-refractivity contribution in [3.8, 4) is 0 Å². The molecule has 4 heterocycles. The number of amides is 2. The van der Waals surface area contributed by atoms with Crippen LogP contribution in [0.3, 0.4) is 0 Å². The third kappa shape index (κ3) is 1.57. The van der Waals surface area contributed by atoms with Crippen LogP contribution in [0.5, 0.6) is 0 Å². The number of anilines is 1. The molecule has 4 rings (SSSR count). The van der Waals surface area contributed by atoms with Crippen molar-refractivity contribution < 1.29 is 27.5 Å². The number of carbonyl (C=O) groups is 2. The summed E-state index contributed by atoms with van der Waals surface area (Å²) in [5, 5.41) is 5.44. The predicted molar refractivity (Wildman–Crippen MR) is 65.7 cm³/mol. The first-order valence-electron chi connectivity index (χ1n) is 6.96. The first kappa shape index (κ1) is 13.7. The molecular weight excluding hydrogens is 303 g/mol. The molecule has 3 aliphatic heterocycles. The predicted octanol–water partition coefficient (Wildman–Crippen LogP) is 1.40. The van der Waals surface area contributed by atoms with Gasteiger partial charge in [0, 0.05) is 0 Å². The van der Waals surface area contributed by atoms with Crippen LogP contribution >= 0.6 is 0 Å². The number of aromatic amines is 1. The van der Waals surface area contributed by atoms with Gasteiger partial charge in [-0.15, -0.1) is 0 Å². The molecule has 9 heteroatoms. The van der Waals surface area contributed by atoms with Crippen LogP contribution in [-0.4, -0.2) is 34.2 Å². The van der Waals surface area contributed by atoms with Gasteiger partial charge in [0.05, 0.1) is 29.7 Å². The molecule has 0 spiro atoms. The van der Waals surface area contributed by atoms with Gasteiger partial charge < -0.3 is 4.74 Å². The van der Waals surface area contributed by atoms with Crippen molar-refractivity contribution in [2.75, 3.05) is 4.90 Å². The number of aryl methyl sites for hydroxylation is 1. The van der Waals surface area contributed by atoms with Gasteiger partial charge in [0.2, 0.25) is 11.8 Å². The number of hydrogen-bond acceptors (Lipinski definition) is 4. The molecule has 3 saturated heterocycles. The van der Waals surface area contributed by atoms with Gasteiger partial charge in [0.25, 0.3) is 0 Å². The number of rotatable bonds is 1. The minimum Gasteiger partial charge on any atom is -0.373 e. The lowest BCUT2D eigenvalue weighted by atomic mass is 9.81. The molecule has 1 aromatic rings. The maximum absolute atomic E-state index is 13.1. The molecule has 0 unspecified atom stereocenters. The highest BCUT2D eigenvalue weighted by atomic mass is 19.4. The summed E-state index contributed by atoms with van der Waals surface area (Å²) in [6, 6.07) is 0. The minimum atomic E-state index is -4.74. The number of ether oxygens (including phenoxy) is 1. The molecule has 4 atom stereocenters. The smallest absolute Gasteiger partial charge is 0.373 e. The van der Waals surface area contributed by atoms with E-state index in [4.69, 9.17) is 4.74 Å². The van der Waals surface area contributed by atoms with Crippen molar-refractivity contribution >= 4 is 17.5 Å². The molecule has 1 N–H and O–H groups in total. The van der Waals surface area contributed by atoms with Crippen molar-refractivity contribution in [2.24, 2.45) is 11.8 Å². The van der Waals surface area contributed by atoms with Gasteiger partial charge in [-0.25, -0.2) is 4.90 Å². The SMILES string of the molecule is Cc1[nH]nc(C(F)(F)F)c1N1C(=O)[C@@H]2[C@@H](C1=O)[C@H]1CC[C@@H]2O1. The van der Waals surface area contributed by atoms with Crippen LogP contribution in [0.25, 0.3) is 0 Å². The first-order valence-corrected chi connectivity index (χ1v) is 6.96. The van der Waals surface area contributed by atoms with Crippen LogP contribution in [0.4, 0.5) is 18.9 Å². The zero-order valence-corrected chi connectivity index (χ0v) is 11.5. The largest absolute Gasteiger partial charge is 0.437 e. The Balaban J connectivity index is 1.80. The van der Waals surface area contributed by atoms with Gasteiger partial charge in [-0.05, 0) is 19.8 Å². The van der Waals surface area contributed by atoms with Gasteiger partial charge in [-0.2, -0.15) is 18.3 Å². The molecule has 118 valence electrons. The van der Waals surface area contributed by atoms with Crippen LogP contribution in [0.1, 0.15) is 24.2 Å². The Bertz CT molecular complexity index is 656. The number of imide groups is 1.